The molecule has 1 N–H and O–H groups in total. The topological polar surface area (TPSA) is 41.6 Å². The maximum atomic E-state index is 14.0. The summed E-state index contributed by atoms with van der Waals surface area (Å²) < 4.78 is 20.0. The van der Waals surface area contributed by atoms with Crippen molar-refractivity contribution in [1.29, 1.82) is 0 Å². The minimum atomic E-state index is -0.337. The zero-order valence-electron chi connectivity index (χ0n) is 24.3. The molecule has 0 amide bonds. The molecule has 0 bridgehead atoms. The fourth-order valence-corrected chi connectivity index (χ4v) is 6.48. The molecule has 0 aromatic heterocycles. The number of nitrogens with zero attached hydrogens (tertiary/aromatic N) is 1. The number of hydrogen-bond donors (Lipinski definition) is 1. The van der Waals surface area contributed by atoms with Gasteiger partial charge in [-0.15, -0.1) is 0 Å². The minimum Gasteiger partial charge on any atom is -0.488 e. The van der Waals surface area contributed by atoms with Crippen LogP contribution in [-0.2, 0) is 11.4 Å². The standard InChI is InChI=1S/C36H37FN2O2/c1-5-39(6-2)26-16-17-28(32(19-26)41-22-23-11-14-25(37)15-12-23)35-34-29(20-36(3,4)21-31(34)40)33-27-10-8-7-9-24(27)13-18-30(33)38-35/h7-19,35,38H,5-6,20-22H2,1-4H3/t35-/m0/s1. The summed E-state index contributed by atoms with van der Waals surface area (Å²) in [4.78, 5) is 16.3. The van der Waals surface area contributed by atoms with E-state index in [0.29, 0.717) is 13.0 Å². The third-order valence-electron chi connectivity index (χ3n) is 8.48. The molecule has 0 saturated heterocycles. The molecule has 1 aliphatic carbocycles. The third kappa shape index (κ3) is 5.10. The quantitative estimate of drug-likeness (QED) is 0.251. The summed E-state index contributed by atoms with van der Waals surface area (Å²) in [5, 5.41) is 6.10. The van der Waals surface area contributed by atoms with Crippen LogP contribution in [0.1, 0.15) is 63.3 Å². The van der Waals surface area contributed by atoms with Crippen LogP contribution in [0, 0.1) is 11.2 Å². The third-order valence-corrected chi connectivity index (χ3v) is 8.48. The molecule has 6 rings (SSSR count). The molecule has 5 heteroatoms. The number of rotatable bonds is 7. The van der Waals surface area contributed by atoms with E-state index in [9.17, 15) is 9.18 Å². The summed E-state index contributed by atoms with van der Waals surface area (Å²) in [7, 11) is 0. The summed E-state index contributed by atoms with van der Waals surface area (Å²) >= 11 is 0. The molecule has 0 fully saturated rings. The van der Waals surface area contributed by atoms with Crippen LogP contribution in [0.25, 0.3) is 16.3 Å². The Morgan fingerprint density at radius 1 is 0.951 bits per heavy atom. The van der Waals surface area contributed by atoms with Gasteiger partial charge in [0.2, 0.25) is 0 Å². The maximum absolute atomic E-state index is 14.0. The molecule has 4 nitrogen and oxygen atoms in total. The highest BCUT2D eigenvalue weighted by Crippen LogP contribution is 2.53. The van der Waals surface area contributed by atoms with E-state index in [4.69, 9.17) is 4.74 Å². The second-order valence-corrected chi connectivity index (χ2v) is 11.9. The molecule has 0 radical (unpaired) electrons. The lowest BCUT2D eigenvalue weighted by molar-refractivity contribution is -0.118. The van der Waals surface area contributed by atoms with Gasteiger partial charge in [-0.05, 0) is 71.9 Å². The number of ether oxygens (including phenoxy) is 1. The Bertz CT molecular complexity index is 1650. The Balaban J connectivity index is 1.50. The molecule has 210 valence electrons. The fraction of sp³-hybridized carbons (Fsp3) is 0.306. The van der Waals surface area contributed by atoms with Crippen LogP contribution in [0.4, 0.5) is 15.8 Å². The first-order valence-electron chi connectivity index (χ1n) is 14.6. The Morgan fingerprint density at radius 3 is 2.46 bits per heavy atom. The first-order valence-corrected chi connectivity index (χ1v) is 14.6. The Kier molecular flexibility index (Phi) is 7.06. The van der Waals surface area contributed by atoms with Crippen molar-refractivity contribution >= 4 is 33.5 Å². The van der Waals surface area contributed by atoms with Gasteiger partial charge in [0, 0.05) is 53.7 Å². The smallest absolute Gasteiger partial charge is 0.162 e. The molecule has 1 heterocycles. The number of hydrogen-bond acceptors (Lipinski definition) is 4. The van der Waals surface area contributed by atoms with Crippen LogP contribution in [0.2, 0.25) is 0 Å². The van der Waals surface area contributed by atoms with Gasteiger partial charge in [0.25, 0.3) is 0 Å². The highest BCUT2D eigenvalue weighted by atomic mass is 19.1. The lowest BCUT2D eigenvalue weighted by Crippen LogP contribution is -2.33. The second-order valence-electron chi connectivity index (χ2n) is 11.9. The van der Waals surface area contributed by atoms with Gasteiger partial charge in [-0.25, -0.2) is 4.39 Å². The number of halogens is 1. The second kappa shape index (κ2) is 10.7. The maximum Gasteiger partial charge on any atom is 0.162 e. The number of carbonyl (C=O) groups is 1. The number of allylic oxidation sites excluding steroid dienone is 1. The largest absolute Gasteiger partial charge is 0.488 e. The van der Waals surface area contributed by atoms with Gasteiger partial charge in [0.05, 0.1) is 6.04 Å². The summed E-state index contributed by atoms with van der Waals surface area (Å²) in [6.07, 6.45) is 1.34. The number of Topliss-reactive ketones (excluding diaryl/α,β-unsaturated/α-hetero) is 1. The fourth-order valence-electron chi connectivity index (χ4n) is 6.48. The van der Waals surface area contributed by atoms with Gasteiger partial charge in [-0.2, -0.15) is 0 Å². The van der Waals surface area contributed by atoms with E-state index in [1.165, 1.54) is 22.9 Å². The van der Waals surface area contributed by atoms with E-state index in [-0.39, 0.29) is 23.1 Å². The summed E-state index contributed by atoms with van der Waals surface area (Å²) in [6, 6.07) is 25.1. The van der Waals surface area contributed by atoms with Crippen molar-refractivity contribution in [3.63, 3.8) is 0 Å². The van der Waals surface area contributed by atoms with E-state index in [0.717, 1.165) is 64.5 Å². The number of ketones is 1. The Hall–Kier alpha value is -4.12. The van der Waals surface area contributed by atoms with Gasteiger partial charge in [-0.1, -0.05) is 62.4 Å². The van der Waals surface area contributed by atoms with Crippen LogP contribution in [0.15, 0.2) is 84.4 Å². The van der Waals surface area contributed by atoms with E-state index in [1.807, 2.05) is 0 Å². The first-order chi connectivity index (χ1) is 19.8. The number of nitrogens with one attached hydrogen (secondary N) is 1. The number of anilines is 2. The first kappa shape index (κ1) is 27.1. The lowest BCUT2D eigenvalue weighted by atomic mass is 9.67. The van der Waals surface area contributed by atoms with E-state index < -0.39 is 0 Å². The summed E-state index contributed by atoms with van der Waals surface area (Å²) in [5.41, 5.74) is 6.92. The van der Waals surface area contributed by atoms with E-state index in [1.54, 1.807) is 12.1 Å². The molecule has 2 aliphatic rings. The minimum absolute atomic E-state index is 0.124. The normalized spacial score (nSPS) is 17.6. The molecule has 41 heavy (non-hydrogen) atoms. The van der Waals surface area contributed by atoms with Crippen molar-refractivity contribution in [3.05, 3.63) is 107 Å². The summed E-state index contributed by atoms with van der Waals surface area (Å²) in [5.74, 6) is 0.642. The van der Waals surface area contributed by atoms with Crippen molar-refractivity contribution in [2.24, 2.45) is 5.41 Å². The van der Waals surface area contributed by atoms with Gasteiger partial charge in [0.15, 0.2) is 5.78 Å². The van der Waals surface area contributed by atoms with Crippen molar-refractivity contribution in [1.82, 2.24) is 0 Å². The Labute approximate surface area is 241 Å². The van der Waals surface area contributed by atoms with Crippen molar-refractivity contribution in [3.8, 4) is 5.75 Å². The average Bonchev–Trinajstić information content (AvgIpc) is 2.96. The highest BCUT2D eigenvalue weighted by molar-refractivity contribution is 6.13. The predicted octanol–water partition coefficient (Wildman–Crippen LogP) is 8.71. The van der Waals surface area contributed by atoms with Gasteiger partial charge < -0.3 is 15.0 Å². The molecular formula is C36H37FN2O2. The molecule has 1 atom stereocenters. The molecule has 0 unspecified atom stereocenters. The lowest BCUT2D eigenvalue weighted by Gasteiger charge is -2.40. The summed E-state index contributed by atoms with van der Waals surface area (Å²) in [6.45, 7) is 10.7. The Morgan fingerprint density at radius 2 is 1.71 bits per heavy atom. The van der Waals surface area contributed by atoms with Crippen LogP contribution >= 0.6 is 0 Å². The molecule has 1 aliphatic heterocycles. The van der Waals surface area contributed by atoms with E-state index >= 15 is 0 Å². The number of fused-ring (bicyclic) bond motifs is 4. The highest BCUT2D eigenvalue weighted by Gasteiger charge is 2.41. The zero-order chi connectivity index (χ0) is 28.7. The van der Waals surface area contributed by atoms with Gasteiger partial charge in [0.1, 0.15) is 18.2 Å². The van der Waals surface area contributed by atoms with Crippen molar-refractivity contribution in [2.45, 2.75) is 53.2 Å². The van der Waals surface area contributed by atoms with Gasteiger partial charge in [-0.3, -0.25) is 4.79 Å². The SMILES string of the molecule is CCN(CC)c1ccc([C@@H]2Nc3ccc4ccccc4c3C3=C2C(=O)CC(C)(C)C3)c(OCc2ccc(F)cc2)c1. The predicted molar refractivity (Wildman–Crippen MR) is 166 cm³/mol. The van der Waals surface area contributed by atoms with Crippen LogP contribution in [0.5, 0.6) is 5.75 Å². The zero-order valence-corrected chi connectivity index (χ0v) is 24.3. The van der Waals surface area contributed by atoms with Gasteiger partial charge >= 0.3 is 0 Å². The number of benzene rings is 4. The molecule has 0 saturated carbocycles. The molecule has 4 aromatic carbocycles. The van der Waals surface area contributed by atoms with Crippen LogP contribution in [0.3, 0.4) is 0 Å². The average molecular weight is 549 g/mol. The van der Waals surface area contributed by atoms with Crippen molar-refractivity contribution in [2.75, 3.05) is 23.3 Å². The monoisotopic (exact) mass is 548 g/mol. The molecule has 0 spiro atoms. The molecule has 4 aromatic rings. The van der Waals surface area contributed by atoms with Crippen molar-refractivity contribution < 1.29 is 13.9 Å². The van der Waals surface area contributed by atoms with Crippen LogP contribution in [-0.4, -0.2) is 18.9 Å². The van der Waals surface area contributed by atoms with E-state index in [2.05, 4.69) is 92.5 Å². The number of carbonyl (C=O) groups excluding carboxylic acids is 1. The van der Waals surface area contributed by atoms with Crippen LogP contribution < -0.4 is 15.0 Å². The molecular weight excluding hydrogens is 511 g/mol.